The number of primary amides is 2. The molecule has 61 heteroatoms. The minimum atomic E-state index is -5.08. The maximum Gasteiger partial charge on any atom is 0.490 e. The number of aromatic nitrogens is 3. The number of H-pyrrole nitrogens is 2. The average Bonchev–Trinajstić information content (AvgIpc) is 1.65. The van der Waals surface area contributed by atoms with Crippen LogP contribution in [0, 0.1) is 10.8 Å². The van der Waals surface area contributed by atoms with Gasteiger partial charge in [-0.3, -0.25) is 97.1 Å². The molecular formula is C73H111F3N28O24S6. The fraction of sp³-hybridized carbons (Fsp3) is 0.562. The highest BCUT2D eigenvalue weighted by atomic mass is 33.1. The first kappa shape index (κ1) is 114. The predicted molar refractivity (Wildman–Crippen MR) is 484 cm³/mol. The lowest BCUT2D eigenvalue weighted by Crippen LogP contribution is -2.62. The zero-order chi connectivity index (χ0) is 98.8. The number of hydrogen-bond donors (Lipinski definition) is 32. The number of aliphatic carboxylic acids is 2. The fourth-order valence-corrected chi connectivity index (χ4v) is 19.0. The summed E-state index contributed by atoms with van der Waals surface area (Å²) in [6.07, 6.45) is -5.39. The predicted octanol–water partition coefficient (Wildman–Crippen LogP) is -10.8. The number of benzene rings is 1. The molecule has 3 aliphatic heterocycles. The van der Waals surface area contributed by atoms with Crippen LogP contribution in [0.1, 0.15) is 76.5 Å². The zero-order valence-electron chi connectivity index (χ0n) is 70.5. The lowest BCUT2D eigenvalue weighted by atomic mass is 10.0. The highest BCUT2D eigenvalue weighted by Gasteiger charge is 2.42. The molecule has 3 aliphatic rings. The van der Waals surface area contributed by atoms with Gasteiger partial charge in [0.2, 0.25) is 100 Å². The van der Waals surface area contributed by atoms with Crippen molar-refractivity contribution in [3.8, 4) is 0 Å². The number of aliphatic hydroxyl groups excluding tert-OH is 3. The molecule has 3 aromatic rings. The van der Waals surface area contributed by atoms with E-state index in [0.717, 1.165) is 43.2 Å². The molecule has 0 radical (unpaired) electrons. The number of nitrogens with zero attached hydrogens (tertiary/aromatic N) is 1. The minimum Gasteiger partial charge on any atom is -0.481 e. The number of aromatic amines is 2. The number of fused-ring (bicyclic) bond motifs is 17. The number of aliphatic hydroxyl groups is 3. The van der Waals surface area contributed by atoms with Crippen LogP contribution in [0.5, 0.6) is 0 Å². The molecular weight excluding hydrogens is 1900 g/mol. The van der Waals surface area contributed by atoms with Crippen LogP contribution in [-0.2, 0) is 104 Å². The van der Waals surface area contributed by atoms with Crippen molar-refractivity contribution in [2.75, 3.05) is 74.0 Å². The molecule has 17 amide bonds. The normalized spacial score (nSPS) is 25.4. The zero-order valence-corrected chi connectivity index (χ0v) is 75.4. The van der Waals surface area contributed by atoms with Crippen molar-refractivity contribution in [2.45, 2.75) is 181 Å². The number of rotatable bonds is 24. The number of nitrogens with one attached hydrogen (secondary N) is 21. The van der Waals surface area contributed by atoms with Gasteiger partial charge in [-0.05, 0) is 63.1 Å². The molecule has 38 N–H and O–H groups in total. The number of carbonyl (C=O) groups excluding carboxylic acids is 17. The Labute approximate surface area is 785 Å². The standard InChI is InChI=1S/C70H106N28O22S6.C2HF3O2.CH4/c71-12-4-3-9-36-55(107)87-39(15-31-19-82-35-8-2-1-7-33(31)35)58(110)97-48-27-123-121-24-34(72)54(106)95-47-26-125-126-29-50(68(120)94-46(53(74)105)25-122-124-28-49(98-60(112)41(17-51(73)102)89-66(47)118)67(119)93-45(23-101)64(116)92-44(22-100)63(115)84-36)96-57(109)38(11-6-14-81-70(77)78)85-62(114)43(21-99)91-59(111)40(16-32-20-79-30-83-32)88-61(113)42(18-52(103)104)90-56(108)37(86-65(48)117)10-5-13-80-69(75)76;3-2(4,5)1(6)7;/h1-2,7-8,19-20,30,34,36-50,82,99-101H,3-6,9-18,21-29,71-72H2,(H2,73,102)(H2,74,105)(H,79,83)(H,84,115)(H,85,114)(H,86,117)(H,87,107)(H,88,113)(H,89,118)(H,90,108)(H,91,111)(H,92,116)(H,93,119)(H,94,120)(H,95,106)(H,96,109)(H,97,110)(H,98,112)(H,103,104)(H4,75,76,80)(H4,77,78,81);(H,6,7);1H4/t34-,36-,37-,38-,39-,40-,41-,42-,43-,44-,45-,46-,47-,48-,49-,50-;;/m0../s1. The largest absolute Gasteiger partial charge is 0.490 e. The van der Waals surface area contributed by atoms with Gasteiger partial charge < -0.3 is 160 Å². The van der Waals surface area contributed by atoms with E-state index in [1.807, 2.05) is 0 Å². The summed E-state index contributed by atoms with van der Waals surface area (Å²) in [5.41, 5.74) is 36.0. The number of alkyl halides is 3. The van der Waals surface area contributed by atoms with Gasteiger partial charge in [-0.2, -0.15) is 13.2 Å². The highest BCUT2D eigenvalue weighted by molar-refractivity contribution is 8.77. The molecule has 5 heterocycles. The second-order valence-corrected chi connectivity index (χ2v) is 37.0. The van der Waals surface area contributed by atoms with Crippen molar-refractivity contribution in [2.24, 2.45) is 34.4 Å². The SMILES string of the molecule is C.N=C(N)NCCC[C@@H]1NC(=O)[C@H](CO)NC(=O)[C@H](Cc2c[nH]cn2)NC(=O)[C@H](CC(=O)O)NC(=O)[C@H](CCCNC(=N)N)NC(=O)[C@@H]2CSSC[C@H](N)C(=O)N[C@H]3CSSC[C@H](NC1=O)C(=O)N[C@H](C(N)=O)CSSC[C@H](NC(=O)[C@H](CC(N)=O)NC3=O)C(=O)N[C@@H](CO)C(=O)N[C@@H](CO)C(=O)N[C@@H](CCCCN)C(=O)N[C@@H](Cc1c[nH]c3ccccc13)C(=O)N2.O=C(O)C(F)(F)F. The van der Waals surface area contributed by atoms with E-state index in [0.29, 0.717) is 38.1 Å². The van der Waals surface area contributed by atoms with Crippen LogP contribution in [0.25, 0.3) is 10.9 Å². The molecule has 134 heavy (non-hydrogen) atoms. The maximum atomic E-state index is 15.5. The lowest BCUT2D eigenvalue weighted by molar-refractivity contribution is -0.192. The number of guanidine groups is 2. The Morgan fingerprint density at radius 1 is 0.440 bits per heavy atom. The molecule has 3 fully saturated rings. The first-order chi connectivity index (χ1) is 63.0. The molecule has 0 aliphatic carbocycles. The number of para-hydroxylation sites is 1. The third-order valence-electron chi connectivity index (χ3n) is 19.1. The van der Waals surface area contributed by atoms with Crippen LogP contribution in [0.3, 0.4) is 0 Å². The van der Waals surface area contributed by atoms with Crippen LogP contribution in [-0.4, -0.2) is 342 Å². The van der Waals surface area contributed by atoms with Crippen molar-refractivity contribution in [3.63, 3.8) is 0 Å². The topological polar surface area (TPSA) is 878 Å². The Balaban J connectivity index is 0.00000450. The van der Waals surface area contributed by atoms with Crippen LogP contribution in [0.15, 0.2) is 43.0 Å². The van der Waals surface area contributed by atoms with Crippen LogP contribution >= 0.6 is 64.8 Å². The van der Waals surface area contributed by atoms with Crippen molar-refractivity contribution in [1.82, 2.24) is 105 Å². The smallest absolute Gasteiger partial charge is 0.481 e. The first-order valence-electron chi connectivity index (χ1n) is 40.3. The third kappa shape index (κ3) is 39.7. The Bertz CT molecular complexity index is 4600. The van der Waals surface area contributed by atoms with Gasteiger partial charge >= 0.3 is 18.1 Å². The number of unbranched alkanes of at least 4 members (excludes halogenated alkanes) is 1. The Kier molecular flexibility index (Phi) is 49.8. The number of carbonyl (C=O) groups is 19. The number of carboxylic acid groups (broad SMARTS) is 2. The van der Waals surface area contributed by atoms with E-state index in [2.05, 4.69) is 105 Å². The Hall–Kier alpha value is -11.9. The minimum absolute atomic E-state index is 0. The van der Waals surface area contributed by atoms with Crippen molar-refractivity contribution >= 4 is 200 Å². The second-order valence-electron chi connectivity index (χ2n) is 29.3. The summed E-state index contributed by atoms with van der Waals surface area (Å²) in [4.78, 5) is 279. The van der Waals surface area contributed by atoms with Gasteiger partial charge in [0.25, 0.3) is 0 Å². The van der Waals surface area contributed by atoms with Crippen LogP contribution in [0.2, 0.25) is 0 Å². The summed E-state index contributed by atoms with van der Waals surface area (Å²) < 4.78 is 31.7. The van der Waals surface area contributed by atoms with Gasteiger partial charge in [0.1, 0.15) is 90.6 Å². The summed E-state index contributed by atoms with van der Waals surface area (Å²) in [6, 6.07) is -23.4. The quantitative estimate of drug-likeness (QED) is 0.0171. The van der Waals surface area contributed by atoms with Gasteiger partial charge in [0.05, 0.1) is 50.7 Å². The van der Waals surface area contributed by atoms with Gasteiger partial charge in [-0.15, -0.1) is 0 Å². The van der Waals surface area contributed by atoms with Gasteiger partial charge in [0, 0.05) is 83.7 Å². The molecule has 1 aromatic carbocycles. The van der Waals surface area contributed by atoms with Crippen molar-refractivity contribution in [3.05, 3.63) is 54.2 Å². The molecule has 744 valence electrons. The molecule has 2 aromatic heterocycles. The summed E-state index contributed by atoms with van der Waals surface area (Å²) in [6.45, 7) is -4.02. The van der Waals surface area contributed by atoms with E-state index in [-0.39, 0.29) is 64.9 Å². The molecule has 52 nitrogen and oxygen atoms in total. The van der Waals surface area contributed by atoms with Crippen LogP contribution < -0.4 is 125 Å². The number of hydrogen-bond acceptors (Lipinski definition) is 33. The monoisotopic (exact) mass is 2010 g/mol. The Morgan fingerprint density at radius 2 is 0.791 bits per heavy atom. The summed E-state index contributed by atoms with van der Waals surface area (Å²) in [5.74, 6) is -30.0. The molecule has 3 saturated heterocycles. The van der Waals surface area contributed by atoms with E-state index in [1.54, 1.807) is 24.3 Å². The van der Waals surface area contributed by atoms with E-state index >= 15 is 14.4 Å². The average molecular weight is 2010 g/mol. The summed E-state index contributed by atoms with van der Waals surface area (Å²) >= 11 is 0. The van der Waals surface area contributed by atoms with E-state index in [1.165, 1.54) is 18.7 Å². The first-order valence-corrected chi connectivity index (χ1v) is 47.8. The lowest BCUT2D eigenvalue weighted by Gasteiger charge is -2.28. The number of imidazole rings is 1. The third-order valence-corrected chi connectivity index (χ3v) is 26.4. The molecule has 16 atom stereocenters. The number of carboxylic acids is 2. The molecule has 0 saturated carbocycles. The van der Waals surface area contributed by atoms with Gasteiger partial charge in [-0.1, -0.05) is 90.4 Å². The summed E-state index contributed by atoms with van der Waals surface area (Å²) in [5, 5.41) is 107. The van der Waals surface area contributed by atoms with E-state index in [4.69, 9.17) is 55.1 Å². The molecule has 0 spiro atoms. The fourth-order valence-electron chi connectivity index (χ4n) is 12.1. The number of nitrogens with two attached hydrogens (primary N) is 6. The van der Waals surface area contributed by atoms with Crippen molar-refractivity contribution in [1.29, 1.82) is 10.8 Å². The molecule has 6 rings (SSSR count). The van der Waals surface area contributed by atoms with Crippen LogP contribution in [0.4, 0.5) is 13.2 Å². The van der Waals surface area contributed by atoms with Crippen molar-refractivity contribution < 1.29 is 130 Å². The van der Waals surface area contributed by atoms with E-state index in [9.17, 15) is 106 Å². The van der Waals surface area contributed by atoms with E-state index < -0.39 is 320 Å². The Morgan fingerprint density at radius 3 is 1.22 bits per heavy atom. The summed E-state index contributed by atoms with van der Waals surface area (Å²) in [7, 11) is 4.39. The maximum absolute atomic E-state index is 15.5. The molecule has 4 bridgehead atoms. The number of halogens is 3. The van der Waals surface area contributed by atoms with Gasteiger partial charge in [0.15, 0.2) is 11.9 Å². The van der Waals surface area contributed by atoms with Gasteiger partial charge in [-0.25, -0.2) is 9.78 Å². The number of amides is 17. The highest BCUT2D eigenvalue weighted by Crippen LogP contribution is 2.28. The second kappa shape index (κ2) is 58.3. The molecule has 0 unspecified atom stereocenters.